The highest BCUT2D eigenvalue weighted by Gasteiger charge is 2.42. The molecule has 1 fully saturated rings. The Balaban J connectivity index is 1.64. The second kappa shape index (κ2) is 10.6. The number of methoxy groups -OCH3 is 1. The molecule has 194 valence electrons. The molecule has 38 heavy (non-hydrogen) atoms. The lowest BCUT2D eigenvalue weighted by molar-refractivity contribution is -0.115. The number of pyridine rings is 2. The van der Waals surface area contributed by atoms with E-state index in [0.29, 0.717) is 23.0 Å². The SMILES string of the molecule is CCC(=O)Nc1ccc(N2C(=S)N[C@H](c3ccccn3)[C@H]2c2cc(C)n(-c3ccccn3)c2C)cc1OC. The molecule has 1 aromatic carbocycles. The predicted molar refractivity (Wildman–Crippen MR) is 153 cm³/mol. The van der Waals surface area contributed by atoms with Gasteiger partial charge in [-0.15, -0.1) is 0 Å². The number of rotatable bonds is 7. The second-order valence-electron chi connectivity index (χ2n) is 9.13. The van der Waals surface area contributed by atoms with Gasteiger partial charge in [-0.05, 0) is 74.1 Å². The number of carbonyl (C=O) groups excluding carboxylic acids is 1. The Labute approximate surface area is 227 Å². The number of aryl methyl sites for hydroxylation is 1. The number of amides is 1. The average molecular weight is 527 g/mol. The van der Waals surface area contributed by atoms with Crippen LogP contribution in [0.15, 0.2) is 73.1 Å². The zero-order valence-electron chi connectivity index (χ0n) is 21.8. The van der Waals surface area contributed by atoms with E-state index in [0.717, 1.165) is 34.2 Å². The van der Waals surface area contributed by atoms with Gasteiger partial charge in [-0.2, -0.15) is 0 Å². The molecule has 0 unspecified atom stereocenters. The smallest absolute Gasteiger partial charge is 0.224 e. The van der Waals surface area contributed by atoms with Gasteiger partial charge >= 0.3 is 0 Å². The van der Waals surface area contributed by atoms with E-state index in [4.69, 9.17) is 17.0 Å². The molecule has 0 saturated carbocycles. The number of thiocarbonyl (C=S) groups is 1. The van der Waals surface area contributed by atoms with Crippen molar-refractivity contribution in [3.05, 3.63) is 95.7 Å². The Hall–Kier alpha value is -4.24. The Morgan fingerprint density at radius 1 is 1.08 bits per heavy atom. The monoisotopic (exact) mass is 526 g/mol. The molecule has 8 nitrogen and oxygen atoms in total. The molecule has 4 aromatic rings. The summed E-state index contributed by atoms with van der Waals surface area (Å²) in [5, 5.41) is 7.00. The van der Waals surface area contributed by atoms with Crippen molar-refractivity contribution in [1.82, 2.24) is 19.9 Å². The second-order valence-corrected chi connectivity index (χ2v) is 9.52. The van der Waals surface area contributed by atoms with Gasteiger partial charge in [-0.3, -0.25) is 9.78 Å². The van der Waals surface area contributed by atoms with Crippen molar-refractivity contribution in [2.45, 2.75) is 39.3 Å². The largest absolute Gasteiger partial charge is 0.494 e. The van der Waals surface area contributed by atoms with E-state index in [-0.39, 0.29) is 18.0 Å². The van der Waals surface area contributed by atoms with Gasteiger partial charge in [0.2, 0.25) is 5.91 Å². The van der Waals surface area contributed by atoms with E-state index in [1.807, 2.05) is 61.5 Å². The molecule has 3 aromatic heterocycles. The fourth-order valence-corrected chi connectivity index (χ4v) is 5.39. The minimum absolute atomic E-state index is 0.0792. The molecule has 0 bridgehead atoms. The molecule has 2 atom stereocenters. The molecule has 1 amide bonds. The van der Waals surface area contributed by atoms with Crippen molar-refractivity contribution in [3.63, 3.8) is 0 Å². The minimum Gasteiger partial charge on any atom is -0.494 e. The molecule has 1 aliphatic rings. The molecule has 0 spiro atoms. The number of anilines is 2. The van der Waals surface area contributed by atoms with Crippen LogP contribution in [0.4, 0.5) is 11.4 Å². The van der Waals surface area contributed by atoms with Gasteiger partial charge in [-0.1, -0.05) is 19.1 Å². The van der Waals surface area contributed by atoms with E-state index in [1.54, 1.807) is 19.5 Å². The predicted octanol–water partition coefficient (Wildman–Crippen LogP) is 5.42. The van der Waals surface area contributed by atoms with Crippen LogP contribution in [0.5, 0.6) is 5.75 Å². The highest BCUT2D eigenvalue weighted by Crippen LogP contribution is 2.45. The standard InChI is InChI=1S/C29H30N6O2S/c1-5-26(36)32-22-13-12-20(17-24(22)37-4)35-28(27(33-29(35)38)23-10-6-8-14-30-23)21-16-18(2)34(19(21)3)25-11-7-9-15-31-25/h6-17,27-28H,5H2,1-4H3,(H,32,36)(H,33,38)/t27-,28-/m1/s1. The summed E-state index contributed by atoms with van der Waals surface area (Å²) in [6, 6.07) is 19.3. The highest BCUT2D eigenvalue weighted by atomic mass is 32.1. The number of benzene rings is 1. The molecular weight excluding hydrogens is 496 g/mol. The van der Waals surface area contributed by atoms with Crippen molar-refractivity contribution < 1.29 is 9.53 Å². The molecule has 1 saturated heterocycles. The van der Waals surface area contributed by atoms with Crippen molar-refractivity contribution in [3.8, 4) is 11.6 Å². The van der Waals surface area contributed by atoms with Gasteiger partial charge in [0.25, 0.3) is 0 Å². The van der Waals surface area contributed by atoms with Crippen LogP contribution < -0.4 is 20.3 Å². The fraction of sp³-hybridized carbons (Fsp3) is 0.241. The van der Waals surface area contributed by atoms with E-state index in [2.05, 4.69) is 50.0 Å². The number of nitrogens with zero attached hydrogens (tertiary/aromatic N) is 4. The Morgan fingerprint density at radius 3 is 2.50 bits per heavy atom. The number of hydrogen-bond acceptors (Lipinski definition) is 5. The number of carbonyl (C=O) groups is 1. The van der Waals surface area contributed by atoms with E-state index >= 15 is 0 Å². The Kier molecular flexibility index (Phi) is 7.11. The molecule has 9 heteroatoms. The summed E-state index contributed by atoms with van der Waals surface area (Å²) in [6.45, 7) is 6.00. The third-order valence-corrected chi connectivity index (χ3v) is 7.14. The van der Waals surface area contributed by atoms with Crippen LogP contribution in [0.2, 0.25) is 0 Å². The van der Waals surface area contributed by atoms with E-state index in [9.17, 15) is 4.79 Å². The maximum absolute atomic E-state index is 12.0. The lowest BCUT2D eigenvalue weighted by Crippen LogP contribution is -2.29. The molecule has 4 heterocycles. The van der Waals surface area contributed by atoms with Crippen LogP contribution in [0, 0.1) is 13.8 Å². The molecular formula is C29H30N6O2S. The summed E-state index contributed by atoms with van der Waals surface area (Å²) in [5.41, 5.74) is 5.61. The van der Waals surface area contributed by atoms with Crippen LogP contribution in [0.1, 0.15) is 48.1 Å². The van der Waals surface area contributed by atoms with E-state index < -0.39 is 0 Å². The van der Waals surface area contributed by atoms with Gasteiger partial charge in [0, 0.05) is 42.0 Å². The average Bonchev–Trinajstić information content (AvgIpc) is 3.44. The maximum atomic E-state index is 12.0. The molecule has 0 radical (unpaired) electrons. The van der Waals surface area contributed by atoms with Gasteiger partial charge in [0.1, 0.15) is 11.6 Å². The normalized spacial score (nSPS) is 16.8. The number of aromatic nitrogens is 3. The highest BCUT2D eigenvalue weighted by molar-refractivity contribution is 7.80. The van der Waals surface area contributed by atoms with Crippen molar-refractivity contribution in [1.29, 1.82) is 0 Å². The summed E-state index contributed by atoms with van der Waals surface area (Å²) in [7, 11) is 1.59. The molecule has 1 aliphatic heterocycles. The van der Waals surface area contributed by atoms with Crippen molar-refractivity contribution in [2.24, 2.45) is 0 Å². The zero-order chi connectivity index (χ0) is 26.8. The minimum atomic E-state index is -0.193. The van der Waals surface area contributed by atoms with E-state index in [1.165, 1.54) is 0 Å². The number of hydrogen-bond donors (Lipinski definition) is 2. The first-order chi connectivity index (χ1) is 18.4. The molecule has 5 rings (SSSR count). The van der Waals surface area contributed by atoms with Crippen LogP contribution >= 0.6 is 12.2 Å². The summed E-state index contributed by atoms with van der Waals surface area (Å²) >= 11 is 5.91. The quantitative estimate of drug-likeness (QED) is 0.311. The fourth-order valence-electron chi connectivity index (χ4n) is 5.05. The van der Waals surface area contributed by atoms with Crippen LogP contribution in [-0.2, 0) is 4.79 Å². The van der Waals surface area contributed by atoms with Crippen LogP contribution in [0.25, 0.3) is 5.82 Å². The van der Waals surface area contributed by atoms with Crippen LogP contribution in [0.3, 0.4) is 0 Å². The lowest BCUT2D eigenvalue weighted by atomic mass is 9.96. The number of ether oxygens (including phenoxy) is 1. The Morgan fingerprint density at radius 2 is 1.84 bits per heavy atom. The first kappa shape index (κ1) is 25.4. The Bertz CT molecular complexity index is 1470. The third-order valence-electron chi connectivity index (χ3n) is 6.82. The van der Waals surface area contributed by atoms with Gasteiger partial charge < -0.3 is 24.8 Å². The summed E-state index contributed by atoms with van der Waals surface area (Å²) in [6.07, 6.45) is 3.98. The van der Waals surface area contributed by atoms with Gasteiger partial charge in [0.15, 0.2) is 5.11 Å². The van der Waals surface area contributed by atoms with Crippen molar-refractivity contribution in [2.75, 3.05) is 17.3 Å². The molecule has 0 aliphatic carbocycles. The maximum Gasteiger partial charge on any atom is 0.224 e. The summed E-state index contributed by atoms with van der Waals surface area (Å²) < 4.78 is 7.81. The van der Waals surface area contributed by atoms with Crippen molar-refractivity contribution >= 4 is 34.6 Å². The number of nitrogens with one attached hydrogen (secondary N) is 2. The topological polar surface area (TPSA) is 84.3 Å². The first-order valence-corrected chi connectivity index (χ1v) is 12.9. The lowest BCUT2D eigenvalue weighted by Gasteiger charge is -2.28. The summed E-state index contributed by atoms with van der Waals surface area (Å²) in [5.74, 6) is 1.34. The summed E-state index contributed by atoms with van der Waals surface area (Å²) in [4.78, 5) is 23.4. The molecule has 2 N–H and O–H groups in total. The third kappa shape index (κ3) is 4.61. The van der Waals surface area contributed by atoms with Gasteiger partial charge in [0.05, 0.1) is 30.6 Å². The zero-order valence-corrected chi connectivity index (χ0v) is 22.6. The first-order valence-electron chi connectivity index (χ1n) is 12.5. The van der Waals surface area contributed by atoms with Gasteiger partial charge in [-0.25, -0.2) is 4.98 Å². The van der Waals surface area contributed by atoms with Crippen LogP contribution in [-0.4, -0.2) is 32.7 Å².